The number of hydrogen-bond donors (Lipinski definition) is 2. The molecule has 0 aromatic heterocycles. The summed E-state index contributed by atoms with van der Waals surface area (Å²) < 4.78 is 0. The predicted octanol–water partition coefficient (Wildman–Crippen LogP) is 1.03. The lowest BCUT2D eigenvalue weighted by atomic mass is 10.1. The highest BCUT2D eigenvalue weighted by Gasteiger charge is 2.40. The number of carboxylic acid groups (broad SMARTS) is 1. The van der Waals surface area contributed by atoms with Crippen LogP contribution in [0.25, 0.3) is 0 Å². The van der Waals surface area contributed by atoms with Gasteiger partial charge in [-0.05, 0) is 39.5 Å². The Balaban J connectivity index is 2.04. The minimum atomic E-state index is -0.884. The van der Waals surface area contributed by atoms with Gasteiger partial charge >= 0.3 is 12.0 Å². The van der Waals surface area contributed by atoms with Crippen molar-refractivity contribution in [3.8, 4) is 0 Å². The molecule has 2 N–H and O–H groups in total. The largest absolute Gasteiger partial charge is 0.481 e. The van der Waals surface area contributed by atoms with Gasteiger partial charge in [0.15, 0.2) is 0 Å². The molecule has 2 atom stereocenters. The quantitative estimate of drug-likeness (QED) is 0.811. The monoisotopic (exact) mass is 311 g/mol. The van der Waals surface area contributed by atoms with Crippen LogP contribution >= 0.6 is 0 Å². The minimum Gasteiger partial charge on any atom is -0.481 e. The summed E-state index contributed by atoms with van der Waals surface area (Å²) in [6.45, 7) is 4.93. The van der Waals surface area contributed by atoms with Gasteiger partial charge in [-0.15, -0.1) is 0 Å². The highest BCUT2D eigenvalue weighted by atomic mass is 16.4. The molecule has 0 spiro atoms. The number of rotatable bonds is 4. The number of amides is 3. The van der Waals surface area contributed by atoms with Crippen molar-refractivity contribution in [3.05, 3.63) is 0 Å². The molecule has 0 aromatic rings. The molecule has 2 heterocycles. The molecule has 2 aliphatic rings. The number of hydrogen-bond acceptors (Lipinski definition) is 3. The summed E-state index contributed by atoms with van der Waals surface area (Å²) >= 11 is 0. The van der Waals surface area contributed by atoms with Crippen LogP contribution < -0.4 is 5.32 Å². The maximum Gasteiger partial charge on any atom is 0.318 e. The van der Waals surface area contributed by atoms with Crippen molar-refractivity contribution in [2.45, 2.75) is 64.1 Å². The van der Waals surface area contributed by atoms with Crippen molar-refractivity contribution >= 4 is 17.9 Å². The molecule has 124 valence electrons. The zero-order chi connectivity index (χ0) is 16.3. The molecule has 2 saturated heterocycles. The van der Waals surface area contributed by atoms with Gasteiger partial charge in [-0.1, -0.05) is 0 Å². The first kappa shape index (κ1) is 16.6. The second kappa shape index (κ2) is 6.98. The van der Waals surface area contributed by atoms with Crippen LogP contribution in [0, 0.1) is 0 Å². The molecular weight excluding hydrogens is 286 g/mol. The highest BCUT2D eigenvalue weighted by Crippen LogP contribution is 2.26. The number of carbonyl (C=O) groups excluding carboxylic acids is 2. The summed E-state index contributed by atoms with van der Waals surface area (Å²) in [6, 6.07) is -0.871. The Kier molecular flexibility index (Phi) is 5.26. The summed E-state index contributed by atoms with van der Waals surface area (Å²) in [5.74, 6) is -0.981. The van der Waals surface area contributed by atoms with E-state index in [1.807, 2.05) is 13.8 Å². The van der Waals surface area contributed by atoms with Gasteiger partial charge < -0.3 is 20.2 Å². The van der Waals surface area contributed by atoms with Crippen LogP contribution in [-0.4, -0.2) is 64.0 Å². The second-order valence-corrected chi connectivity index (χ2v) is 6.38. The van der Waals surface area contributed by atoms with E-state index < -0.39 is 12.0 Å². The molecule has 2 rings (SSSR count). The van der Waals surface area contributed by atoms with Gasteiger partial charge in [-0.3, -0.25) is 9.59 Å². The van der Waals surface area contributed by atoms with E-state index in [-0.39, 0.29) is 30.4 Å². The van der Waals surface area contributed by atoms with E-state index in [1.54, 1.807) is 9.80 Å². The third-order valence-corrected chi connectivity index (χ3v) is 4.28. The van der Waals surface area contributed by atoms with Crippen LogP contribution in [0.15, 0.2) is 0 Å². The Morgan fingerprint density at radius 1 is 1.14 bits per heavy atom. The average Bonchev–Trinajstić information content (AvgIpc) is 3.04. The molecule has 7 nitrogen and oxygen atoms in total. The number of nitrogens with one attached hydrogen (secondary N) is 1. The van der Waals surface area contributed by atoms with Crippen LogP contribution in [0.1, 0.15) is 46.0 Å². The van der Waals surface area contributed by atoms with Crippen LogP contribution in [-0.2, 0) is 9.59 Å². The first-order chi connectivity index (χ1) is 10.4. The molecular formula is C15H25N3O4. The molecule has 7 heteroatoms. The summed E-state index contributed by atoms with van der Waals surface area (Å²) in [5.41, 5.74) is 0. The number of aliphatic carboxylic acids is 1. The van der Waals surface area contributed by atoms with Gasteiger partial charge in [0.1, 0.15) is 6.04 Å². The van der Waals surface area contributed by atoms with E-state index in [9.17, 15) is 14.4 Å². The number of nitrogens with zero attached hydrogens (tertiary/aromatic N) is 2. The van der Waals surface area contributed by atoms with E-state index in [2.05, 4.69) is 5.32 Å². The molecule has 0 aromatic carbocycles. The standard InChI is InChI=1S/C15H25N3O4/c1-10(2)16-15(22)18-8-4-6-12(18)14(21)17-7-3-5-11(17)9-13(19)20/h10-12H,3-9H2,1-2H3,(H,16,22)(H,19,20)/t11?,12-/m0/s1. The van der Waals surface area contributed by atoms with Crippen LogP contribution in [0.3, 0.4) is 0 Å². The van der Waals surface area contributed by atoms with E-state index in [1.165, 1.54) is 0 Å². The zero-order valence-electron chi connectivity index (χ0n) is 13.2. The number of carbonyl (C=O) groups is 3. The summed E-state index contributed by atoms with van der Waals surface area (Å²) in [7, 11) is 0. The zero-order valence-corrected chi connectivity index (χ0v) is 13.2. The van der Waals surface area contributed by atoms with Crippen LogP contribution in [0.4, 0.5) is 4.79 Å². The Hall–Kier alpha value is -1.79. The minimum absolute atomic E-state index is 0.0172. The molecule has 3 amide bonds. The normalized spacial score (nSPS) is 24.9. The van der Waals surface area contributed by atoms with Gasteiger partial charge in [0.05, 0.1) is 6.42 Å². The first-order valence-corrected chi connectivity index (χ1v) is 7.99. The average molecular weight is 311 g/mol. The van der Waals surface area contributed by atoms with Gasteiger partial charge in [-0.25, -0.2) is 4.79 Å². The fourth-order valence-corrected chi connectivity index (χ4v) is 3.33. The SMILES string of the molecule is CC(C)NC(=O)N1CCC[C@H]1C(=O)N1CCCC1CC(=O)O. The van der Waals surface area contributed by atoms with E-state index in [4.69, 9.17) is 5.11 Å². The molecule has 0 radical (unpaired) electrons. The van der Waals surface area contributed by atoms with Crippen molar-refractivity contribution in [2.24, 2.45) is 0 Å². The van der Waals surface area contributed by atoms with Crippen molar-refractivity contribution in [3.63, 3.8) is 0 Å². The Labute approximate surface area is 130 Å². The molecule has 2 aliphatic heterocycles. The lowest BCUT2D eigenvalue weighted by Gasteiger charge is -2.31. The topological polar surface area (TPSA) is 90.0 Å². The predicted molar refractivity (Wildman–Crippen MR) is 80.4 cm³/mol. The van der Waals surface area contributed by atoms with E-state index in [0.29, 0.717) is 19.5 Å². The summed E-state index contributed by atoms with van der Waals surface area (Å²) in [6.07, 6.45) is 2.99. The van der Waals surface area contributed by atoms with E-state index >= 15 is 0 Å². The maximum absolute atomic E-state index is 12.8. The third-order valence-electron chi connectivity index (χ3n) is 4.28. The smallest absolute Gasteiger partial charge is 0.318 e. The van der Waals surface area contributed by atoms with Gasteiger partial charge in [0.2, 0.25) is 5.91 Å². The maximum atomic E-state index is 12.8. The molecule has 22 heavy (non-hydrogen) atoms. The van der Waals surface area contributed by atoms with Gasteiger partial charge in [0.25, 0.3) is 0 Å². The van der Waals surface area contributed by atoms with Crippen LogP contribution in [0.5, 0.6) is 0 Å². The number of likely N-dealkylation sites (tertiary alicyclic amines) is 2. The summed E-state index contributed by atoms with van der Waals surface area (Å²) in [5, 5.41) is 11.8. The molecule has 0 aliphatic carbocycles. The fraction of sp³-hybridized carbons (Fsp3) is 0.800. The lowest BCUT2D eigenvalue weighted by molar-refractivity contribution is -0.141. The van der Waals surface area contributed by atoms with Crippen molar-refractivity contribution in [2.75, 3.05) is 13.1 Å². The molecule has 1 unspecified atom stereocenters. The van der Waals surface area contributed by atoms with Gasteiger partial charge in [0, 0.05) is 25.2 Å². The number of urea groups is 1. The lowest BCUT2D eigenvalue weighted by Crippen LogP contribution is -2.52. The third kappa shape index (κ3) is 3.69. The van der Waals surface area contributed by atoms with Crippen molar-refractivity contribution < 1.29 is 19.5 Å². The van der Waals surface area contributed by atoms with E-state index in [0.717, 1.165) is 19.3 Å². The highest BCUT2D eigenvalue weighted by molar-refractivity contribution is 5.88. The molecule has 0 saturated carbocycles. The number of carboxylic acids is 1. The Bertz CT molecular complexity index is 452. The summed E-state index contributed by atoms with van der Waals surface area (Å²) in [4.78, 5) is 39.1. The second-order valence-electron chi connectivity index (χ2n) is 6.38. The molecule has 0 bridgehead atoms. The fourth-order valence-electron chi connectivity index (χ4n) is 3.33. The Morgan fingerprint density at radius 2 is 1.77 bits per heavy atom. The van der Waals surface area contributed by atoms with Crippen molar-refractivity contribution in [1.29, 1.82) is 0 Å². The van der Waals surface area contributed by atoms with Crippen LogP contribution in [0.2, 0.25) is 0 Å². The van der Waals surface area contributed by atoms with Crippen molar-refractivity contribution in [1.82, 2.24) is 15.1 Å². The first-order valence-electron chi connectivity index (χ1n) is 7.99. The Morgan fingerprint density at radius 3 is 2.41 bits per heavy atom. The molecule has 2 fully saturated rings. The van der Waals surface area contributed by atoms with Gasteiger partial charge in [-0.2, -0.15) is 0 Å².